The van der Waals surface area contributed by atoms with Crippen molar-refractivity contribution in [1.82, 2.24) is 4.90 Å². The lowest BCUT2D eigenvalue weighted by molar-refractivity contribution is -0.141. The Hall–Kier alpha value is -1.75. The molecule has 1 aromatic carbocycles. The van der Waals surface area contributed by atoms with Crippen molar-refractivity contribution in [1.29, 1.82) is 0 Å². The molecule has 1 aliphatic heterocycles. The summed E-state index contributed by atoms with van der Waals surface area (Å²) in [5.74, 6) is -0.979. The van der Waals surface area contributed by atoms with Crippen molar-refractivity contribution >= 4 is 11.8 Å². The second kappa shape index (κ2) is 6.57. The van der Waals surface area contributed by atoms with Gasteiger partial charge < -0.3 is 4.74 Å². The molecule has 1 heterocycles. The number of ether oxygens (including phenoxy) is 1. The molecule has 0 bridgehead atoms. The fourth-order valence-corrected chi connectivity index (χ4v) is 2.49. The molecule has 1 fully saturated rings. The molecule has 22 heavy (non-hydrogen) atoms. The lowest BCUT2D eigenvalue weighted by Gasteiger charge is -2.22. The molecule has 2 rings (SSSR count). The van der Waals surface area contributed by atoms with Crippen LogP contribution in [0.4, 0.5) is 4.39 Å². The van der Waals surface area contributed by atoms with Crippen LogP contribution in [0.5, 0.6) is 0 Å². The van der Waals surface area contributed by atoms with Crippen molar-refractivity contribution in [3.05, 3.63) is 35.6 Å². The van der Waals surface area contributed by atoms with Crippen LogP contribution < -0.4 is 0 Å². The van der Waals surface area contributed by atoms with Gasteiger partial charge in [-0.3, -0.25) is 14.5 Å². The Morgan fingerprint density at radius 2 is 1.86 bits per heavy atom. The standard InChI is InChI=1S/C17H22FNO3/c1-17(2,3)22-9-8-19-15(20)11-13(16(19)21)10-12-4-6-14(18)7-5-12/h4-7,13H,8-11H2,1-3H3/t13-/m0/s1. The van der Waals surface area contributed by atoms with Gasteiger partial charge in [-0.1, -0.05) is 12.1 Å². The zero-order valence-corrected chi connectivity index (χ0v) is 13.3. The zero-order chi connectivity index (χ0) is 16.3. The van der Waals surface area contributed by atoms with E-state index in [1.807, 2.05) is 20.8 Å². The lowest BCUT2D eigenvalue weighted by Crippen LogP contribution is -2.35. The third kappa shape index (κ3) is 4.37. The van der Waals surface area contributed by atoms with Gasteiger partial charge in [0.15, 0.2) is 0 Å². The van der Waals surface area contributed by atoms with Crippen molar-refractivity contribution in [3.63, 3.8) is 0 Å². The highest BCUT2D eigenvalue weighted by Gasteiger charge is 2.38. The molecule has 0 aliphatic carbocycles. The van der Waals surface area contributed by atoms with Gasteiger partial charge in [-0.2, -0.15) is 0 Å². The maximum atomic E-state index is 12.9. The molecule has 1 aliphatic rings. The minimum Gasteiger partial charge on any atom is -0.374 e. The molecule has 5 heteroatoms. The van der Waals surface area contributed by atoms with Crippen molar-refractivity contribution in [3.8, 4) is 0 Å². The topological polar surface area (TPSA) is 46.6 Å². The maximum absolute atomic E-state index is 12.9. The largest absolute Gasteiger partial charge is 0.374 e. The summed E-state index contributed by atoms with van der Waals surface area (Å²) < 4.78 is 18.5. The highest BCUT2D eigenvalue weighted by atomic mass is 19.1. The van der Waals surface area contributed by atoms with Gasteiger partial charge in [-0.15, -0.1) is 0 Å². The fraction of sp³-hybridized carbons (Fsp3) is 0.529. The van der Waals surface area contributed by atoms with Crippen LogP contribution in [0.1, 0.15) is 32.8 Å². The van der Waals surface area contributed by atoms with Crippen LogP contribution in [-0.2, 0) is 20.7 Å². The highest BCUT2D eigenvalue weighted by molar-refractivity contribution is 6.03. The summed E-state index contributed by atoms with van der Waals surface area (Å²) in [5.41, 5.74) is 0.569. The van der Waals surface area contributed by atoms with Crippen LogP contribution in [0.25, 0.3) is 0 Å². The molecule has 1 saturated heterocycles. The van der Waals surface area contributed by atoms with Crippen LogP contribution >= 0.6 is 0 Å². The predicted octanol–water partition coefficient (Wildman–Crippen LogP) is 2.56. The van der Waals surface area contributed by atoms with E-state index in [1.165, 1.54) is 17.0 Å². The molecule has 0 radical (unpaired) electrons. The Morgan fingerprint density at radius 3 is 2.45 bits per heavy atom. The van der Waals surface area contributed by atoms with Gasteiger partial charge in [-0.05, 0) is 44.9 Å². The Bertz CT molecular complexity index is 548. The highest BCUT2D eigenvalue weighted by Crippen LogP contribution is 2.23. The van der Waals surface area contributed by atoms with E-state index in [0.29, 0.717) is 13.0 Å². The zero-order valence-electron chi connectivity index (χ0n) is 13.3. The first-order chi connectivity index (χ1) is 10.3. The monoisotopic (exact) mass is 307 g/mol. The first-order valence-electron chi connectivity index (χ1n) is 7.49. The van der Waals surface area contributed by atoms with Crippen molar-refractivity contribution < 1.29 is 18.7 Å². The Kier molecular flexibility index (Phi) is 4.96. The van der Waals surface area contributed by atoms with Crippen LogP contribution in [0, 0.1) is 11.7 Å². The quantitative estimate of drug-likeness (QED) is 0.785. The van der Waals surface area contributed by atoms with Gasteiger partial charge in [0.05, 0.1) is 24.7 Å². The number of carbonyl (C=O) groups is 2. The number of imide groups is 1. The van der Waals surface area contributed by atoms with Gasteiger partial charge in [0.25, 0.3) is 0 Å². The lowest BCUT2D eigenvalue weighted by atomic mass is 9.98. The van der Waals surface area contributed by atoms with Gasteiger partial charge in [0.1, 0.15) is 5.82 Å². The Labute approximate surface area is 130 Å². The van der Waals surface area contributed by atoms with E-state index in [0.717, 1.165) is 5.56 Å². The number of carbonyl (C=O) groups excluding carboxylic acids is 2. The summed E-state index contributed by atoms with van der Waals surface area (Å²) in [5, 5.41) is 0. The number of rotatable bonds is 5. The van der Waals surface area contributed by atoms with Crippen molar-refractivity contribution in [2.75, 3.05) is 13.2 Å². The molecule has 2 amide bonds. The third-order valence-electron chi connectivity index (χ3n) is 3.58. The number of hydrogen-bond acceptors (Lipinski definition) is 3. The first kappa shape index (κ1) is 16.6. The van der Waals surface area contributed by atoms with Crippen LogP contribution in [0.3, 0.4) is 0 Å². The molecule has 0 N–H and O–H groups in total. The van der Waals surface area contributed by atoms with Gasteiger partial charge >= 0.3 is 0 Å². The molecule has 1 aromatic rings. The van der Waals surface area contributed by atoms with E-state index >= 15 is 0 Å². The SMILES string of the molecule is CC(C)(C)OCCN1C(=O)C[C@H](Cc2ccc(F)cc2)C1=O. The average Bonchev–Trinajstić information content (AvgIpc) is 2.67. The maximum Gasteiger partial charge on any atom is 0.233 e. The second-order valence-electron chi connectivity index (χ2n) is 6.58. The number of likely N-dealkylation sites (tertiary alicyclic amines) is 1. The van der Waals surface area contributed by atoms with Gasteiger partial charge in [-0.25, -0.2) is 4.39 Å². The average molecular weight is 307 g/mol. The predicted molar refractivity (Wildman–Crippen MR) is 80.6 cm³/mol. The van der Waals surface area contributed by atoms with Crippen molar-refractivity contribution in [2.24, 2.45) is 5.92 Å². The molecule has 0 spiro atoms. The van der Waals surface area contributed by atoms with Crippen LogP contribution in [0.2, 0.25) is 0 Å². The van der Waals surface area contributed by atoms with E-state index in [1.54, 1.807) is 12.1 Å². The molecule has 4 nitrogen and oxygen atoms in total. The molecule has 1 atom stereocenters. The number of halogens is 1. The molecule has 0 saturated carbocycles. The number of benzene rings is 1. The molecule has 0 aromatic heterocycles. The first-order valence-corrected chi connectivity index (χ1v) is 7.49. The van der Waals surface area contributed by atoms with E-state index < -0.39 is 0 Å². The summed E-state index contributed by atoms with van der Waals surface area (Å²) in [6.45, 7) is 6.41. The molecular formula is C17H22FNO3. The van der Waals surface area contributed by atoms with E-state index in [2.05, 4.69) is 0 Å². The van der Waals surface area contributed by atoms with E-state index in [-0.39, 0.29) is 42.1 Å². The normalized spacial score (nSPS) is 19.1. The molecular weight excluding hydrogens is 285 g/mol. The van der Waals surface area contributed by atoms with Gasteiger partial charge in [0, 0.05) is 6.42 Å². The Balaban J connectivity index is 1.92. The van der Waals surface area contributed by atoms with E-state index in [9.17, 15) is 14.0 Å². The van der Waals surface area contributed by atoms with Crippen molar-refractivity contribution in [2.45, 2.75) is 39.2 Å². The van der Waals surface area contributed by atoms with Crippen LogP contribution in [-0.4, -0.2) is 35.5 Å². The minimum absolute atomic E-state index is 0.158. The van der Waals surface area contributed by atoms with Crippen LogP contribution in [0.15, 0.2) is 24.3 Å². The summed E-state index contributed by atoms with van der Waals surface area (Å²) in [6, 6.07) is 6.04. The number of amides is 2. The fourth-order valence-electron chi connectivity index (χ4n) is 2.49. The number of nitrogens with zero attached hydrogens (tertiary/aromatic N) is 1. The van der Waals surface area contributed by atoms with E-state index in [4.69, 9.17) is 4.74 Å². The number of hydrogen-bond donors (Lipinski definition) is 0. The summed E-state index contributed by atoms with van der Waals surface area (Å²) in [4.78, 5) is 25.6. The summed E-state index contributed by atoms with van der Waals surface area (Å²) in [6.07, 6.45) is 0.674. The Morgan fingerprint density at radius 1 is 1.23 bits per heavy atom. The van der Waals surface area contributed by atoms with Gasteiger partial charge in [0.2, 0.25) is 11.8 Å². The summed E-state index contributed by atoms with van der Waals surface area (Å²) >= 11 is 0. The summed E-state index contributed by atoms with van der Waals surface area (Å²) in [7, 11) is 0. The third-order valence-corrected chi connectivity index (χ3v) is 3.58. The molecule has 120 valence electrons. The smallest absolute Gasteiger partial charge is 0.233 e. The minimum atomic E-state index is -0.354. The molecule has 0 unspecified atom stereocenters. The second-order valence-corrected chi connectivity index (χ2v) is 6.58.